The molecule has 0 N–H and O–H groups in total. The minimum absolute atomic E-state index is 0.274. The fraction of sp³-hybridized carbons (Fsp3) is 0.261. The van der Waals surface area contributed by atoms with E-state index in [1.54, 1.807) is 19.2 Å². The number of hydrogen-bond acceptors (Lipinski definition) is 5. The van der Waals surface area contributed by atoms with Crippen molar-refractivity contribution in [3.8, 4) is 21.9 Å². The Morgan fingerprint density at radius 2 is 1.76 bits per heavy atom. The van der Waals surface area contributed by atoms with Crippen molar-refractivity contribution in [3.63, 3.8) is 0 Å². The average molecular weight is 412 g/mol. The molecule has 0 atom stereocenters. The molecule has 150 valence electrons. The molecule has 2 aromatic carbocycles. The lowest BCUT2D eigenvalue weighted by molar-refractivity contribution is 0.0491. The Balaban J connectivity index is 1.32. The van der Waals surface area contributed by atoms with Crippen LogP contribution in [0.4, 0.5) is 4.39 Å². The van der Waals surface area contributed by atoms with Crippen LogP contribution in [-0.2, 0) is 17.6 Å². The van der Waals surface area contributed by atoms with Crippen molar-refractivity contribution in [1.82, 2.24) is 0 Å². The molecule has 1 heterocycles. The van der Waals surface area contributed by atoms with Crippen LogP contribution >= 0.6 is 11.3 Å². The van der Waals surface area contributed by atoms with E-state index in [4.69, 9.17) is 14.2 Å². The summed E-state index contributed by atoms with van der Waals surface area (Å²) >= 11 is 1.48. The van der Waals surface area contributed by atoms with Crippen LogP contribution in [0.25, 0.3) is 10.4 Å². The number of benzene rings is 2. The van der Waals surface area contributed by atoms with E-state index in [0.717, 1.165) is 23.5 Å². The Labute approximate surface area is 172 Å². The molecule has 0 saturated carbocycles. The first-order chi connectivity index (χ1) is 14.1. The smallest absolute Gasteiger partial charge is 0.348 e. The second-order valence-electron chi connectivity index (χ2n) is 6.78. The Morgan fingerprint density at radius 3 is 2.55 bits per heavy atom. The summed E-state index contributed by atoms with van der Waals surface area (Å²) in [5.74, 6) is 0.845. The van der Waals surface area contributed by atoms with Crippen molar-refractivity contribution in [3.05, 3.63) is 70.4 Å². The summed E-state index contributed by atoms with van der Waals surface area (Å²) in [7, 11) is 1.67. The molecule has 1 aliphatic rings. The first-order valence-electron chi connectivity index (χ1n) is 9.49. The molecular formula is C23H21FO4S. The van der Waals surface area contributed by atoms with Crippen LogP contribution in [-0.4, -0.2) is 26.3 Å². The molecule has 4 rings (SSSR count). The van der Waals surface area contributed by atoms with Crippen LogP contribution in [0.15, 0.2) is 48.5 Å². The fourth-order valence-electron chi connectivity index (χ4n) is 3.35. The molecule has 6 heteroatoms. The summed E-state index contributed by atoms with van der Waals surface area (Å²) in [5.41, 5.74) is 3.61. The van der Waals surface area contributed by atoms with Crippen LogP contribution in [0.2, 0.25) is 0 Å². The van der Waals surface area contributed by atoms with Gasteiger partial charge in [-0.25, -0.2) is 9.18 Å². The van der Waals surface area contributed by atoms with Crippen molar-refractivity contribution in [2.75, 3.05) is 20.3 Å². The van der Waals surface area contributed by atoms with E-state index in [0.29, 0.717) is 23.7 Å². The van der Waals surface area contributed by atoms with Gasteiger partial charge < -0.3 is 14.2 Å². The van der Waals surface area contributed by atoms with Crippen molar-refractivity contribution >= 4 is 17.3 Å². The number of methoxy groups -OCH3 is 1. The standard InChI is InChI=1S/C23H21FO4S/c1-26-19-9-10-20-15(13-19)3-4-16-14-21(29-22(16)20)23(25)28-12-2-11-27-18-7-5-17(24)6-8-18/h5-10,13-14H,2-4,11-12H2,1H3. The van der Waals surface area contributed by atoms with E-state index in [9.17, 15) is 9.18 Å². The van der Waals surface area contributed by atoms with Crippen LogP contribution in [0.5, 0.6) is 11.5 Å². The number of fused-ring (bicyclic) bond motifs is 3. The van der Waals surface area contributed by atoms with Crippen LogP contribution in [0.3, 0.4) is 0 Å². The summed E-state index contributed by atoms with van der Waals surface area (Å²) in [6, 6.07) is 13.9. The maximum Gasteiger partial charge on any atom is 0.348 e. The SMILES string of the molecule is COc1ccc2c(c1)CCc1cc(C(=O)OCCCOc3ccc(F)cc3)sc1-2. The lowest BCUT2D eigenvalue weighted by atomic mass is 9.91. The van der Waals surface area contributed by atoms with E-state index < -0.39 is 0 Å². The van der Waals surface area contributed by atoms with Gasteiger partial charge in [0.05, 0.1) is 20.3 Å². The quantitative estimate of drug-likeness (QED) is 0.391. The predicted molar refractivity (Wildman–Crippen MR) is 111 cm³/mol. The molecule has 0 fully saturated rings. The third-order valence-corrected chi connectivity index (χ3v) is 6.03. The molecule has 0 aliphatic heterocycles. The summed E-state index contributed by atoms with van der Waals surface area (Å²) < 4.78 is 29.1. The molecule has 0 unspecified atom stereocenters. The lowest BCUT2D eigenvalue weighted by Gasteiger charge is -2.16. The zero-order valence-corrected chi connectivity index (χ0v) is 16.9. The Morgan fingerprint density at radius 1 is 1.00 bits per heavy atom. The molecule has 29 heavy (non-hydrogen) atoms. The maximum absolute atomic E-state index is 12.9. The third-order valence-electron chi connectivity index (χ3n) is 4.84. The van der Waals surface area contributed by atoms with E-state index in [1.807, 2.05) is 12.1 Å². The highest BCUT2D eigenvalue weighted by atomic mass is 32.1. The second kappa shape index (κ2) is 8.66. The monoisotopic (exact) mass is 412 g/mol. The molecule has 4 nitrogen and oxygen atoms in total. The van der Waals surface area contributed by atoms with Gasteiger partial charge in [-0.3, -0.25) is 0 Å². The van der Waals surface area contributed by atoms with E-state index in [2.05, 4.69) is 12.1 Å². The first kappa shape index (κ1) is 19.5. The van der Waals surface area contributed by atoms with Gasteiger partial charge in [0.1, 0.15) is 22.2 Å². The minimum Gasteiger partial charge on any atom is -0.497 e. The zero-order valence-electron chi connectivity index (χ0n) is 16.1. The molecule has 3 aromatic rings. The van der Waals surface area contributed by atoms with E-state index >= 15 is 0 Å². The highest BCUT2D eigenvalue weighted by Crippen LogP contribution is 2.41. The molecule has 1 aliphatic carbocycles. The molecule has 0 amide bonds. The molecule has 0 spiro atoms. The fourth-order valence-corrected chi connectivity index (χ4v) is 4.52. The minimum atomic E-state index is -0.304. The van der Waals surface area contributed by atoms with Gasteiger partial charge in [0.2, 0.25) is 0 Å². The van der Waals surface area contributed by atoms with Gasteiger partial charge in [-0.05, 0) is 78.1 Å². The van der Waals surface area contributed by atoms with Gasteiger partial charge in [-0.1, -0.05) is 0 Å². The van der Waals surface area contributed by atoms with Gasteiger partial charge in [0, 0.05) is 11.3 Å². The van der Waals surface area contributed by atoms with Crippen molar-refractivity contribution in [2.45, 2.75) is 19.3 Å². The molecular weight excluding hydrogens is 391 g/mol. The number of carbonyl (C=O) groups excluding carboxylic acids is 1. The number of rotatable bonds is 7. The zero-order chi connectivity index (χ0) is 20.2. The van der Waals surface area contributed by atoms with Crippen LogP contribution in [0, 0.1) is 5.82 Å². The summed E-state index contributed by atoms with van der Waals surface area (Å²) in [6.45, 7) is 0.672. The maximum atomic E-state index is 12.9. The van der Waals surface area contributed by atoms with Gasteiger partial charge in [-0.2, -0.15) is 0 Å². The average Bonchev–Trinajstić information content (AvgIpc) is 3.19. The Kier molecular flexibility index (Phi) is 5.81. The predicted octanol–water partition coefficient (Wildman–Crippen LogP) is 5.29. The lowest BCUT2D eigenvalue weighted by Crippen LogP contribution is -2.08. The molecule has 0 bridgehead atoms. The number of esters is 1. The van der Waals surface area contributed by atoms with Gasteiger partial charge in [0.25, 0.3) is 0 Å². The first-order valence-corrected chi connectivity index (χ1v) is 10.3. The highest BCUT2D eigenvalue weighted by molar-refractivity contribution is 7.17. The van der Waals surface area contributed by atoms with E-state index in [-0.39, 0.29) is 18.4 Å². The van der Waals surface area contributed by atoms with Crippen LogP contribution < -0.4 is 9.47 Å². The summed E-state index contributed by atoms with van der Waals surface area (Å²) in [5, 5.41) is 0. The highest BCUT2D eigenvalue weighted by Gasteiger charge is 2.22. The topological polar surface area (TPSA) is 44.8 Å². The van der Waals surface area contributed by atoms with Gasteiger partial charge >= 0.3 is 5.97 Å². The van der Waals surface area contributed by atoms with Crippen molar-refractivity contribution < 1.29 is 23.4 Å². The number of thiophene rings is 1. The van der Waals surface area contributed by atoms with Crippen molar-refractivity contribution in [2.24, 2.45) is 0 Å². The molecule has 0 saturated heterocycles. The largest absolute Gasteiger partial charge is 0.497 e. The van der Waals surface area contributed by atoms with Crippen molar-refractivity contribution in [1.29, 1.82) is 0 Å². The molecule has 0 radical (unpaired) electrons. The van der Waals surface area contributed by atoms with E-state index in [1.165, 1.54) is 40.2 Å². The summed E-state index contributed by atoms with van der Waals surface area (Å²) in [4.78, 5) is 14.2. The number of carbonyl (C=O) groups is 1. The third kappa shape index (κ3) is 4.43. The molecule has 1 aromatic heterocycles. The number of hydrogen-bond donors (Lipinski definition) is 0. The van der Waals surface area contributed by atoms with Gasteiger partial charge in [-0.15, -0.1) is 11.3 Å². The number of aryl methyl sites for hydroxylation is 2. The number of ether oxygens (including phenoxy) is 3. The van der Waals surface area contributed by atoms with Crippen LogP contribution in [0.1, 0.15) is 27.2 Å². The normalized spacial score (nSPS) is 12.1. The number of halogens is 1. The van der Waals surface area contributed by atoms with Gasteiger partial charge in [0.15, 0.2) is 0 Å². The Hall–Kier alpha value is -2.86. The summed E-state index contributed by atoms with van der Waals surface area (Å²) in [6.07, 6.45) is 2.41. The second-order valence-corrected chi connectivity index (χ2v) is 7.83. The Bertz CT molecular complexity index is 1010.